The standard InChI is InChI=1S/C29H28ClFN6O5/c1-36-9-6-15(7-10-36)37-28(40)17-11-21-22(12-18(17)29(37)41)35-26(34-21)24-20(5-8-32-27(24)39)33-13-16(38)14-42-23-4-2-3-19(30)25(23)31/h2-5,8,11-12,15-16,38H,6-7,9-10,13-14H2,1H3,(H,34,35)(H2,32,33,39)/t16-/m1/s1. The number of H-pyrrole nitrogens is 2. The van der Waals surface area contributed by atoms with Crippen molar-refractivity contribution in [2.75, 3.05) is 38.6 Å². The Morgan fingerprint density at radius 3 is 2.67 bits per heavy atom. The number of rotatable bonds is 8. The zero-order valence-electron chi connectivity index (χ0n) is 22.6. The van der Waals surface area contributed by atoms with Gasteiger partial charge in [0, 0.05) is 18.8 Å². The molecule has 0 radical (unpaired) electrons. The number of aromatic amines is 2. The Morgan fingerprint density at radius 2 is 1.90 bits per heavy atom. The van der Waals surface area contributed by atoms with Gasteiger partial charge in [0.2, 0.25) is 0 Å². The highest BCUT2D eigenvalue weighted by molar-refractivity contribution is 6.30. The summed E-state index contributed by atoms with van der Waals surface area (Å²) in [6.07, 6.45) is 1.85. The molecule has 42 heavy (non-hydrogen) atoms. The van der Waals surface area contributed by atoms with Crippen molar-refractivity contribution in [2.24, 2.45) is 0 Å². The molecule has 0 spiro atoms. The highest BCUT2D eigenvalue weighted by Crippen LogP contribution is 2.33. The van der Waals surface area contributed by atoms with Crippen LogP contribution in [-0.4, -0.2) is 87.1 Å². The minimum absolute atomic E-state index is 0.0248. The predicted octanol–water partition coefficient (Wildman–Crippen LogP) is 3.25. The first kappa shape index (κ1) is 27.9. The van der Waals surface area contributed by atoms with Gasteiger partial charge in [0.15, 0.2) is 11.6 Å². The zero-order valence-corrected chi connectivity index (χ0v) is 23.4. The largest absolute Gasteiger partial charge is 0.488 e. The van der Waals surface area contributed by atoms with Crippen LogP contribution in [0.25, 0.3) is 22.4 Å². The maximum absolute atomic E-state index is 14.1. The fourth-order valence-electron chi connectivity index (χ4n) is 5.39. The van der Waals surface area contributed by atoms with Gasteiger partial charge < -0.3 is 30.0 Å². The number of imidazole rings is 1. The van der Waals surface area contributed by atoms with Crippen molar-refractivity contribution < 1.29 is 23.8 Å². The predicted molar refractivity (Wildman–Crippen MR) is 155 cm³/mol. The number of hydrogen-bond donors (Lipinski definition) is 4. The number of nitrogens with zero attached hydrogens (tertiary/aromatic N) is 3. The number of aromatic nitrogens is 3. The molecule has 1 saturated heterocycles. The number of fused-ring (bicyclic) bond motifs is 2. The van der Waals surface area contributed by atoms with E-state index in [1.807, 2.05) is 7.05 Å². The number of imide groups is 1. The summed E-state index contributed by atoms with van der Waals surface area (Å²) in [5, 5.41) is 13.4. The number of piperidine rings is 1. The Balaban J connectivity index is 1.21. The molecule has 0 aliphatic carbocycles. The molecule has 1 fully saturated rings. The van der Waals surface area contributed by atoms with Crippen molar-refractivity contribution in [3.63, 3.8) is 0 Å². The molecular formula is C29H28ClFN6O5. The molecule has 6 rings (SSSR count). The summed E-state index contributed by atoms with van der Waals surface area (Å²) < 4.78 is 19.4. The van der Waals surface area contributed by atoms with E-state index in [1.165, 1.54) is 29.3 Å². The second-order valence-electron chi connectivity index (χ2n) is 10.5. The molecule has 4 N–H and O–H groups in total. The SMILES string of the molecule is CN1CCC(N2C(=O)c3cc4nc(-c5c(NC[C@@H](O)COc6cccc(Cl)c6F)cc[nH]c5=O)[nH]c4cc3C2=O)CC1. The molecule has 1 atom stereocenters. The van der Waals surface area contributed by atoms with Gasteiger partial charge >= 0.3 is 0 Å². The fraction of sp³-hybridized carbons (Fsp3) is 0.310. The lowest BCUT2D eigenvalue weighted by Gasteiger charge is -2.33. The van der Waals surface area contributed by atoms with Crippen LogP contribution >= 0.6 is 11.6 Å². The average Bonchev–Trinajstić information content (AvgIpc) is 3.49. The van der Waals surface area contributed by atoms with E-state index >= 15 is 0 Å². The summed E-state index contributed by atoms with van der Waals surface area (Å²) in [5.41, 5.74) is 1.64. The topological polar surface area (TPSA) is 144 Å². The number of anilines is 1. The van der Waals surface area contributed by atoms with Gasteiger partial charge in [0.25, 0.3) is 17.4 Å². The quantitative estimate of drug-likeness (QED) is 0.228. The van der Waals surface area contributed by atoms with Gasteiger partial charge in [-0.05, 0) is 63.3 Å². The molecule has 2 amide bonds. The summed E-state index contributed by atoms with van der Waals surface area (Å²) in [5.74, 6) is -1.23. The van der Waals surface area contributed by atoms with Crippen LogP contribution < -0.4 is 15.6 Å². The van der Waals surface area contributed by atoms with Gasteiger partial charge in [-0.2, -0.15) is 0 Å². The van der Waals surface area contributed by atoms with Gasteiger partial charge in [0.1, 0.15) is 24.1 Å². The van der Waals surface area contributed by atoms with Gasteiger partial charge in [-0.25, -0.2) is 9.37 Å². The Hall–Kier alpha value is -4.26. The molecule has 2 aromatic carbocycles. The minimum Gasteiger partial charge on any atom is -0.488 e. The van der Waals surface area contributed by atoms with Gasteiger partial charge in [-0.3, -0.25) is 19.3 Å². The number of aliphatic hydroxyl groups excluding tert-OH is 1. The third-order valence-corrected chi connectivity index (χ3v) is 7.94. The van der Waals surface area contributed by atoms with Crippen LogP contribution in [0.1, 0.15) is 33.6 Å². The van der Waals surface area contributed by atoms with E-state index in [0.717, 1.165) is 25.9 Å². The van der Waals surface area contributed by atoms with Crippen LogP contribution in [-0.2, 0) is 0 Å². The lowest BCUT2D eigenvalue weighted by molar-refractivity contribution is 0.0516. The number of halogens is 2. The monoisotopic (exact) mass is 594 g/mol. The number of amides is 2. The summed E-state index contributed by atoms with van der Waals surface area (Å²) >= 11 is 5.77. The Morgan fingerprint density at radius 1 is 1.17 bits per heavy atom. The smallest absolute Gasteiger partial charge is 0.261 e. The number of aliphatic hydroxyl groups is 1. The van der Waals surface area contributed by atoms with Crippen molar-refractivity contribution in [3.05, 3.63) is 74.9 Å². The number of nitrogens with one attached hydrogen (secondary N) is 3. The van der Waals surface area contributed by atoms with Crippen molar-refractivity contribution in [1.82, 2.24) is 24.8 Å². The first-order valence-corrected chi connectivity index (χ1v) is 13.9. The fourth-order valence-corrected chi connectivity index (χ4v) is 5.56. The number of carbonyl (C=O) groups excluding carboxylic acids is 2. The summed E-state index contributed by atoms with van der Waals surface area (Å²) in [6, 6.07) is 8.99. The van der Waals surface area contributed by atoms with Crippen molar-refractivity contribution in [3.8, 4) is 17.1 Å². The first-order chi connectivity index (χ1) is 20.2. The molecule has 2 aliphatic rings. The molecule has 0 unspecified atom stereocenters. The molecule has 218 valence electrons. The number of likely N-dealkylation sites (tertiary alicyclic amines) is 1. The van der Waals surface area contributed by atoms with E-state index in [-0.39, 0.29) is 53.2 Å². The highest BCUT2D eigenvalue weighted by Gasteiger charge is 2.41. The minimum atomic E-state index is -1.06. The number of carbonyl (C=O) groups is 2. The molecule has 0 bridgehead atoms. The molecule has 4 heterocycles. The van der Waals surface area contributed by atoms with Crippen LogP contribution in [0.15, 0.2) is 47.4 Å². The number of ether oxygens (including phenoxy) is 1. The van der Waals surface area contributed by atoms with Crippen molar-refractivity contribution in [2.45, 2.75) is 25.0 Å². The number of hydrogen-bond acceptors (Lipinski definition) is 8. The lowest BCUT2D eigenvalue weighted by atomic mass is 10.0. The van der Waals surface area contributed by atoms with E-state index in [2.05, 4.69) is 25.2 Å². The molecule has 2 aliphatic heterocycles. The van der Waals surface area contributed by atoms with Crippen molar-refractivity contribution >= 4 is 40.1 Å². The summed E-state index contributed by atoms with van der Waals surface area (Å²) in [7, 11) is 2.02. The van der Waals surface area contributed by atoms with E-state index < -0.39 is 17.5 Å². The van der Waals surface area contributed by atoms with Gasteiger partial charge in [-0.15, -0.1) is 0 Å². The first-order valence-electron chi connectivity index (χ1n) is 13.5. The maximum Gasteiger partial charge on any atom is 0.261 e. The van der Waals surface area contributed by atoms with E-state index in [9.17, 15) is 23.9 Å². The normalized spacial score (nSPS) is 16.7. The van der Waals surface area contributed by atoms with Crippen LogP contribution in [0, 0.1) is 5.82 Å². The molecule has 4 aromatic rings. The number of pyridine rings is 1. The molecule has 2 aromatic heterocycles. The average molecular weight is 595 g/mol. The van der Waals surface area contributed by atoms with Gasteiger partial charge in [-0.1, -0.05) is 17.7 Å². The Bertz CT molecular complexity index is 1700. The number of benzene rings is 2. The Labute approximate surface area is 244 Å². The third-order valence-electron chi connectivity index (χ3n) is 7.65. The second-order valence-corrected chi connectivity index (χ2v) is 10.9. The van der Waals surface area contributed by atoms with E-state index in [0.29, 0.717) is 27.8 Å². The van der Waals surface area contributed by atoms with E-state index in [1.54, 1.807) is 18.2 Å². The molecule has 13 heteroatoms. The van der Waals surface area contributed by atoms with Crippen molar-refractivity contribution in [1.29, 1.82) is 0 Å². The van der Waals surface area contributed by atoms with Crippen LogP contribution in [0.3, 0.4) is 0 Å². The van der Waals surface area contributed by atoms with Crippen LogP contribution in [0.4, 0.5) is 10.1 Å². The maximum atomic E-state index is 14.1. The highest BCUT2D eigenvalue weighted by atomic mass is 35.5. The lowest BCUT2D eigenvalue weighted by Crippen LogP contribution is -2.46. The summed E-state index contributed by atoms with van der Waals surface area (Å²) in [6.45, 7) is 1.38. The second kappa shape index (κ2) is 11.2. The van der Waals surface area contributed by atoms with Crippen LogP contribution in [0.2, 0.25) is 5.02 Å². The van der Waals surface area contributed by atoms with Crippen LogP contribution in [0.5, 0.6) is 5.75 Å². The van der Waals surface area contributed by atoms with Gasteiger partial charge in [0.05, 0.1) is 32.9 Å². The Kier molecular flexibility index (Phi) is 7.43. The summed E-state index contributed by atoms with van der Waals surface area (Å²) in [4.78, 5) is 53.3. The third kappa shape index (κ3) is 5.13. The zero-order chi connectivity index (χ0) is 29.5. The molecular weight excluding hydrogens is 567 g/mol. The van der Waals surface area contributed by atoms with E-state index in [4.69, 9.17) is 16.3 Å². The molecule has 11 nitrogen and oxygen atoms in total. The molecule has 0 saturated carbocycles.